The summed E-state index contributed by atoms with van der Waals surface area (Å²) < 4.78 is 23.1. The molecule has 1 aliphatic carbocycles. The molecule has 2 fully saturated rings. The van der Waals surface area contributed by atoms with Crippen molar-refractivity contribution in [3.05, 3.63) is 18.3 Å². The molecule has 2 aliphatic rings. The molecule has 0 radical (unpaired) electrons. The van der Waals surface area contributed by atoms with Crippen molar-refractivity contribution in [3.8, 4) is 0 Å². The van der Waals surface area contributed by atoms with Crippen LogP contribution in [0.3, 0.4) is 0 Å². The first-order valence-electron chi connectivity index (χ1n) is 7.15. The van der Waals surface area contributed by atoms with Gasteiger partial charge in [0.2, 0.25) is 5.91 Å². The quantitative estimate of drug-likeness (QED) is 0.899. The van der Waals surface area contributed by atoms with Gasteiger partial charge in [-0.25, -0.2) is 13.4 Å². The molecule has 1 saturated heterocycles. The molecule has 1 N–H and O–H groups in total. The van der Waals surface area contributed by atoms with Crippen molar-refractivity contribution < 1.29 is 13.2 Å². The van der Waals surface area contributed by atoms with Crippen LogP contribution in [-0.2, 0) is 14.6 Å². The number of hydrogen-bond donors (Lipinski definition) is 1. The van der Waals surface area contributed by atoms with Gasteiger partial charge in [0.15, 0.2) is 9.84 Å². The molecule has 0 aromatic carbocycles. The smallest absolute Gasteiger partial charge is 0.227 e. The molecule has 6 nitrogen and oxygen atoms in total. The summed E-state index contributed by atoms with van der Waals surface area (Å²) in [5, 5.41) is 2.84. The summed E-state index contributed by atoms with van der Waals surface area (Å²) in [6.45, 7) is 0. The molecule has 0 spiro atoms. The van der Waals surface area contributed by atoms with Crippen LogP contribution in [0.5, 0.6) is 0 Å². The minimum atomic E-state index is -2.90. The van der Waals surface area contributed by atoms with Gasteiger partial charge >= 0.3 is 0 Å². The SMILES string of the molecule is CN(c1ccc(NC(=O)C2CC2)cn1)C1CCS(=O)(=O)C1. The highest BCUT2D eigenvalue weighted by molar-refractivity contribution is 7.91. The van der Waals surface area contributed by atoms with Crippen molar-refractivity contribution in [1.82, 2.24) is 4.98 Å². The van der Waals surface area contributed by atoms with E-state index in [9.17, 15) is 13.2 Å². The van der Waals surface area contributed by atoms with E-state index >= 15 is 0 Å². The summed E-state index contributed by atoms with van der Waals surface area (Å²) in [5.74, 6) is 1.38. The fourth-order valence-corrected chi connectivity index (χ4v) is 4.30. The van der Waals surface area contributed by atoms with E-state index in [0.717, 1.165) is 18.7 Å². The van der Waals surface area contributed by atoms with E-state index < -0.39 is 9.84 Å². The van der Waals surface area contributed by atoms with Crippen LogP contribution in [0.15, 0.2) is 18.3 Å². The summed E-state index contributed by atoms with van der Waals surface area (Å²) in [5.41, 5.74) is 0.683. The van der Waals surface area contributed by atoms with E-state index in [1.807, 2.05) is 24.1 Å². The first-order valence-corrected chi connectivity index (χ1v) is 8.97. The van der Waals surface area contributed by atoms with Crippen molar-refractivity contribution >= 4 is 27.2 Å². The molecule has 1 aromatic rings. The number of aromatic nitrogens is 1. The molecule has 1 amide bonds. The average molecular weight is 309 g/mol. The summed E-state index contributed by atoms with van der Waals surface area (Å²) in [4.78, 5) is 17.9. The number of pyridine rings is 1. The van der Waals surface area contributed by atoms with Gasteiger partial charge in [0.1, 0.15) is 5.82 Å². The van der Waals surface area contributed by atoms with Crippen LogP contribution in [-0.4, -0.2) is 43.9 Å². The van der Waals surface area contributed by atoms with Crippen LogP contribution in [0, 0.1) is 5.92 Å². The predicted octanol–water partition coefficient (Wildman–Crippen LogP) is 1.05. The minimum Gasteiger partial charge on any atom is -0.356 e. The van der Waals surface area contributed by atoms with E-state index in [1.165, 1.54) is 0 Å². The monoisotopic (exact) mass is 309 g/mol. The number of amides is 1. The third-order valence-electron chi connectivity index (χ3n) is 4.08. The van der Waals surface area contributed by atoms with E-state index in [-0.39, 0.29) is 29.4 Å². The van der Waals surface area contributed by atoms with Crippen molar-refractivity contribution in [2.45, 2.75) is 25.3 Å². The first-order chi connectivity index (χ1) is 9.94. The molecule has 21 heavy (non-hydrogen) atoms. The Morgan fingerprint density at radius 1 is 1.33 bits per heavy atom. The third-order valence-corrected chi connectivity index (χ3v) is 5.83. The predicted molar refractivity (Wildman–Crippen MR) is 81.1 cm³/mol. The van der Waals surface area contributed by atoms with Gasteiger partial charge in [0, 0.05) is 19.0 Å². The van der Waals surface area contributed by atoms with Gasteiger partial charge < -0.3 is 10.2 Å². The molecule has 1 aliphatic heterocycles. The highest BCUT2D eigenvalue weighted by Gasteiger charge is 2.31. The van der Waals surface area contributed by atoms with Gasteiger partial charge in [-0.1, -0.05) is 0 Å². The molecule has 1 aromatic heterocycles. The van der Waals surface area contributed by atoms with Gasteiger partial charge in [-0.15, -0.1) is 0 Å². The van der Waals surface area contributed by atoms with Crippen LogP contribution < -0.4 is 10.2 Å². The lowest BCUT2D eigenvalue weighted by molar-refractivity contribution is -0.117. The molecule has 3 rings (SSSR count). The lowest BCUT2D eigenvalue weighted by Crippen LogP contribution is -2.33. The van der Waals surface area contributed by atoms with E-state index in [2.05, 4.69) is 10.3 Å². The van der Waals surface area contributed by atoms with Gasteiger partial charge in [-0.3, -0.25) is 4.79 Å². The summed E-state index contributed by atoms with van der Waals surface area (Å²) in [7, 11) is -1.04. The Balaban J connectivity index is 1.64. The second-order valence-electron chi connectivity index (χ2n) is 5.84. The number of rotatable bonds is 4. The lowest BCUT2D eigenvalue weighted by Gasteiger charge is -2.24. The highest BCUT2D eigenvalue weighted by atomic mass is 32.2. The number of hydrogen-bond acceptors (Lipinski definition) is 5. The normalized spacial score (nSPS) is 23.8. The van der Waals surface area contributed by atoms with E-state index in [0.29, 0.717) is 12.1 Å². The first kappa shape index (κ1) is 14.3. The maximum Gasteiger partial charge on any atom is 0.227 e. The van der Waals surface area contributed by atoms with Gasteiger partial charge in [-0.2, -0.15) is 0 Å². The second kappa shape index (κ2) is 5.29. The number of nitrogens with zero attached hydrogens (tertiary/aromatic N) is 2. The highest BCUT2D eigenvalue weighted by Crippen LogP contribution is 2.30. The number of sulfone groups is 1. The molecule has 1 unspecified atom stereocenters. The molecule has 2 heterocycles. The summed E-state index contributed by atoms with van der Waals surface area (Å²) >= 11 is 0. The summed E-state index contributed by atoms with van der Waals surface area (Å²) in [6.07, 6.45) is 4.20. The lowest BCUT2D eigenvalue weighted by atomic mass is 10.2. The molecule has 114 valence electrons. The minimum absolute atomic E-state index is 0.0191. The molecular weight excluding hydrogens is 290 g/mol. The molecule has 0 bridgehead atoms. The van der Waals surface area contributed by atoms with Crippen molar-refractivity contribution in [2.75, 3.05) is 28.8 Å². The largest absolute Gasteiger partial charge is 0.356 e. The van der Waals surface area contributed by atoms with Crippen LogP contribution in [0.2, 0.25) is 0 Å². The Kier molecular flexibility index (Phi) is 3.61. The molecule has 1 saturated carbocycles. The zero-order chi connectivity index (χ0) is 15.0. The second-order valence-corrected chi connectivity index (χ2v) is 8.07. The fraction of sp³-hybridized carbons (Fsp3) is 0.571. The van der Waals surface area contributed by atoms with Crippen molar-refractivity contribution in [2.24, 2.45) is 5.92 Å². The topological polar surface area (TPSA) is 79.4 Å². The van der Waals surface area contributed by atoms with Crippen LogP contribution >= 0.6 is 0 Å². The van der Waals surface area contributed by atoms with Gasteiger partial charge in [0.25, 0.3) is 0 Å². The Labute approximate surface area is 124 Å². The molecule has 1 atom stereocenters. The Morgan fingerprint density at radius 3 is 2.62 bits per heavy atom. The van der Waals surface area contributed by atoms with Gasteiger partial charge in [0.05, 0.1) is 23.4 Å². The number of nitrogens with one attached hydrogen (secondary N) is 1. The summed E-state index contributed by atoms with van der Waals surface area (Å²) in [6, 6.07) is 3.60. The number of carbonyl (C=O) groups excluding carboxylic acids is 1. The van der Waals surface area contributed by atoms with Crippen molar-refractivity contribution in [1.29, 1.82) is 0 Å². The molecular formula is C14H19N3O3S. The molecule has 7 heteroatoms. The van der Waals surface area contributed by atoms with Gasteiger partial charge in [-0.05, 0) is 31.4 Å². The van der Waals surface area contributed by atoms with Crippen LogP contribution in [0.4, 0.5) is 11.5 Å². The zero-order valence-corrected chi connectivity index (χ0v) is 12.8. The zero-order valence-electron chi connectivity index (χ0n) is 11.9. The maximum absolute atomic E-state index is 11.7. The third kappa shape index (κ3) is 3.34. The van der Waals surface area contributed by atoms with Crippen molar-refractivity contribution in [3.63, 3.8) is 0 Å². The van der Waals surface area contributed by atoms with E-state index in [1.54, 1.807) is 6.20 Å². The van der Waals surface area contributed by atoms with E-state index in [4.69, 9.17) is 0 Å². The average Bonchev–Trinajstić information content (AvgIpc) is 3.23. The number of anilines is 2. The Morgan fingerprint density at radius 2 is 2.10 bits per heavy atom. The van der Waals surface area contributed by atoms with Crippen LogP contribution in [0.25, 0.3) is 0 Å². The Hall–Kier alpha value is -1.63. The standard InChI is InChI=1S/C14H19N3O3S/c1-17(12-6-7-21(19,20)9-12)13-5-4-11(8-15-13)16-14(18)10-2-3-10/h4-5,8,10,12H,2-3,6-7,9H2,1H3,(H,16,18). The maximum atomic E-state index is 11.7. The van der Waals surface area contributed by atoms with Crippen LogP contribution in [0.1, 0.15) is 19.3 Å². The Bertz CT molecular complexity index is 638. The fourth-order valence-electron chi connectivity index (χ4n) is 2.53. The number of carbonyl (C=O) groups is 1.